The van der Waals surface area contributed by atoms with Crippen LogP contribution in [0.4, 0.5) is 5.82 Å². The lowest BCUT2D eigenvalue weighted by molar-refractivity contribution is -0.117. The summed E-state index contributed by atoms with van der Waals surface area (Å²) in [6, 6.07) is 5.86. The molecule has 1 aliphatic carbocycles. The highest BCUT2D eigenvalue weighted by molar-refractivity contribution is 6.02. The molecule has 4 rings (SSSR count). The molecule has 0 bridgehead atoms. The predicted octanol–water partition coefficient (Wildman–Crippen LogP) is 3.74. The van der Waals surface area contributed by atoms with E-state index in [0.717, 1.165) is 70.0 Å². The Morgan fingerprint density at radius 2 is 1.84 bits per heavy atom. The molecule has 0 aromatic carbocycles. The van der Waals surface area contributed by atoms with Crippen LogP contribution in [0, 0.1) is 18.3 Å². The fourth-order valence-electron chi connectivity index (χ4n) is 4.75. The fourth-order valence-corrected chi connectivity index (χ4v) is 4.75. The predicted molar refractivity (Wildman–Crippen MR) is 125 cm³/mol. The number of amides is 1. The standard InChI is InChI=1S/C25H31N5O2/c1-18-10-9-15-30-22(18)28-23(29-13-7-2-3-8-14-29)21(25(30)32)16-19(17-26)24(31)27-20-11-5-4-6-12-20/h9-10,15-16,20H,2-8,11-14H2,1H3,(H,27,31). The minimum atomic E-state index is -0.407. The van der Waals surface area contributed by atoms with E-state index in [0.29, 0.717) is 17.0 Å². The SMILES string of the molecule is Cc1cccn2c(=O)c(C=C(C#N)C(=O)NC3CCCCC3)c(N3CCCCCC3)nc12. The number of aryl methyl sites for hydroxylation is 1. The van der Waals surface area contributed by atoms with Crippen molar-refractivity contribution in [3.63, 3.8) is 0 Å². The zero-order valence-electron chi connectivity index (χ0n) is 18.8. The van der Waals surface area contributed by atoms with Crippen molar-refractivity contribution in [1.29, 1.82) is 5.26 Å². The number of hydrogen-bond acceptors (Lipinski definition) is 5. The Kier molecular flexibility index (Phi) is 6.89. The summed E-state index contributed by atoms with van der Waals surface area (Å²) in [5, 5.41) is 12.8. The quantitative estimate of drug-likeness (QED) is 0.586. The third-order valence-electron chi connectivity index (χ3n) is 6.56. The van der Waals surface area contributed by atoms with E-state index in [1.54, 1.807) is 6.20 Å². The van der Waals surface area contributed by atoms with Crippen LogP contribution in [0.1, 0.15) is 68.9 Å². The number of hydrogen-bond donors (Lipinski definition) is 1. The number of aromatic nitrogens is 2. The average Bonchev–Trinajstić information content (AvgIpc) is 3.09. The van der Waals surface area contributed by atoms with Crippen LogP contribution in [0.2, 0.25) is 0 Å². The number of nitrogens with zero attached hydrogens (tertiary/aromatic N) is 4. The van der Waals surface area contributed by atoms with Crippen LogP contribution in [0.25, 0.3) is 11.7 Å². The van der Waals surface area contributed by atoms with Crippen molar-refractivity contribution in [2.75, 3.05) is 18.0 Å². The molecule has 0 radical (unpaired) electrons. The average molecular weight is 434 g/mol. The molecule has 1 saturated heterocycles. The van der Waals surface area contributed by atoms with Gasteiger partial charge in [-0.15, -0.1) is 0 Å². The highest BCUT2D eigenvalue weighted by Gasteiger charge is 2.22. The van der Waals surface area contributed by atoms with Crippen molar-refractivity contribution in [2.45, 2.75) is 70.8 Å². The van der Waals surface area contributed by atoms with E-state index >= 15 is 0 Å². The molecule has 0 atom stereocenters. The first-order chi connectivity index (χ1) is 15.6. The minimum absolute atomic E-state index is 0.0434. The van der Waals surface area contributed by atoms with Gasteiger partial charge in [-0.2, -0.15) is 5.26 Å². The summed E-state index contributed by atoms with van der Waals surface area (Å²) in [7, 11) is 0. The van der Waals surface area contributed by atoms with E-state index in [9.17, 15) is 14.9 Å². The first kappa shape index (κ1) is 22.1. The lowest BCUT2D eigenvalue weighted by Crippen LogP contribution is -2.37. The molecule has 1 aliphatic heterocycles. The number of carbonyl (C=O) groups is 1. The van der Waals surface area contributed by atoms with Crippen LogP contribution in [-0.2, 0) is 4.79 Å². The van der Waals surface area contributed by atoms with Gasteiger partial charge in [-0.1, -0.05) is 38.2 Å². The van der Waals surface area contributed by atoms with Crippen LogP contribution in [0.5, 0.6) is 0 Å². The lowest BCUT2D eigenvalue weighted by Gasteiger charge is -2.24. The molecule has 1 amide bonds. The van der Waals surface area contributed by atoms with Crippen molar-refractivity contribution in [1.82, 2.24) is 14.7 Å². The number of nitrogens with one attached hydrogen (secondary N) is 1. The van der Waals surface area contributed by atoms with E-state index in [1.807, 2.05) is 25.1 Å². The summed E-state index contributed by atoms with van der Waals surface area (Å²) in [4.78, 5) is 33.4. The molecule has 2 fully saturated rings. The third kappa shape index (κ3) is 4.69. The van der Waals surface area contributed by atoms with Gasteiger partial charge in [0.15, 0.2) is 0 Å². The summed E-state index contributed by atoms with van der Waals surface area (Å²) in [5.41, 5.74) is 1.53. The molecule has 2 aliphatic rings. The van der Waals surface area contributed by atoms with Crippen molar-refractivity contribution in [3.05, 3.63) is 45.4 Å². The number of nitriles is 1. The summed E-state index contributed by atoms with van der Waals surface area (Å²) >= 11 is 0. The monoisotopic (exact) mass is 433 g/mol. The van der Waals surface area contributed by atoms with Crippen LogP contribution in [0.3, 0.4) is 0 Å². The van der Waals surface area contributed by atoms with E-state index in [2.05, 4.69) is 10.2 Å². The molecule has 0 spiro atoms. The van der Waals surface area contributed by atoms with Crippen molar-refractivity contribution in [3.8, 4) is 6.07 Å². The van der Waals surface area contributed by atoms with Crippen LogP contribution < -0.4 is 15.8 Å². The van der Waals surface area contributed by atoms with Gasteiger partial charge in [0.05, 0.1) is 5.56 Å². The Bertz CT molecular complexity index is 1110. The molecule has 0 unspecified atom stereocenters. The molecule has 2 aromatic heterocycles. The molecule has 3 heterocycles. The number of carbonyl (C=O) groups excluding carboxylic acids is 1. The van der Waals surface area contributed by atoms with E-state index in [-0.39, 0.29) is 17.2 Å². The molecule has 168 valence electrons. The van der Waals surface area contributed by atoms with Crippen molar-refractivity contribution in [2.24, 2.45) is 0 Å². The van der Waals surface area contributed by atoms with Gasteiger partial charge in [-0.3, -0.25) is 14.0 Å². The Balaban J connectivity index is 1.79. The fraction of sp³-hybridized carbons (Fsp3) is 0.520. The summed E-state index contributed by atoms with van der Waals surface area (Å²) in [5.74, 6) is 0.166. The molecule has 1 saturated carbocycles. The number of pyridine rings is 1. The van der Waals surface area contributed by atoms with Crippen LogP contribution >= 0.6 is 0 Å². The number of rotatable bonds is 4. The molecule has 2 aromatic rings. The van der Waals surface area contributed by atoms with Gasteiger partial charge in [0.2, 0.25) is 0 Å². The smallest absolute Gasteiger partial charge is 0.267 e. The Morgan fingerprint density at radius 3 is 2.53 bits per heavy atom. The van der Waals surface area contributed by atoms with Crippen LogP contribution in [-0.4, -0.2) is 34.4 Å². The number of anilines is 1. The lowest BCUT2D eigenvalue weighted by atomic mass is 9.95. The van der Waals surface area contributed by atoms with E-state index in [1.165, 1.54) is 16.9 Å². The van der Waals surface area contributed by atoms with Gasteiger partial charge in [0, 0.05) is 25.3 Å². The van der Waals surface area contributed by atoms with Gasteiger partial charge < -0.3 is 10.2 Å². The summed E-state index contributed by atoms with van der Waals surface area (Å²) in [6.07, 6.45) is 12.7. The Morgan fingerprint density at radius 1 is 1.16 bits per heavy atom. The maximum absolute atomic E-state index is 13.5. The highest BCUT2D eigenvalue weighted by Crippen LogP contribution is 2.24. The number of fused-ring (bicyclic) bond motifs is 1. The van der Waals surface area contributed by atoms with Gasteiger partial charge in [-0.25, -0.2) is 4.98 Å². The second kappa shape index (κ2) is 9.99. The van der Waals surface area contributed by atoms with Crippen LogP contribution in [0.15, 0.2) is 28.7 Å². The summed E-state index contributed by atoms with van der Waals surface area (Å²) in [6.45, 7) is 3.55. The Labute approximate surface area is 188 Å². The highest BCUT2D eigenvalue weighted by atomic mass is 16.2. The zero-order valence-corrected chi connectivity index (χ0v) is 18.8. The maximum Gasteiger partial charge on any atom is 0.267 e. The molecule has 7 heteroatoms. The molecule has 7 nitrogen and oxygen atoms in total. The molecular formula is C25H31N5O2. The van der Waals surface area contributed by atoms with Crippen molar-refractivity contribution >= 4 is 23.4 Å². The summed E-state index contributed by atoms with van der Waals surface area (Å²) < 4.78 is 1.51. The topological polar surface area (TPSA) is 90.5 Å². The second-order valence-corrected chi connectivity index (χ2v) is 8.92. The maximum atomic E-state index is 13.5. The van der Waals surface area contributed by atoms with Gasteiger partial charge >= 0.3 is 0 Å². The molecular weight excluding hydrogens is 402 g/mol. The first-order valence-electron chi connectivity index (χ1n) is 11.8. The van der Waals surface area contributed by atoms with E-state index < -0.39 is 5.91 Å². The first-order valence-corrected chi connectivity index (χ1v) is 11.8. The van der Waals surface area contributed by atoms with E-state index in [4.69, 9.17) is 4.98 Å². The van der Waals surface area contributed by atoms with Gasteiger partial charge in [-0.05, 0) is 50.3 Å². The van der Waals surface area contributed by atoms with Gasteiger partial charge in [0.1, 0.15) is 23.1 Å². The minimum Gasteiger partial charge on any atom is -0.356 e. The molecule has 1 N–H and O–H groups in total. The zero-order chi connectivity index (χ0) is 22.5. The second-order valence-electron chi connectivity index (χ2n) is 8.92. The van der Waals surface area contributed by atoms with Gasteiger partial charge in [0.25, 0.3) is 11.5 Å². The third-order valence-corrected chi connectivity index (χ3v) is 6.56. The Hall–Kier alpha value is -3.14. The molecule has 32 heavy (non-hydrogen) atoms. The normalized spacial score (nSPS) is 18.2. The van der Waals surface area contributed by atoms with Crippen molar-refractivity contribution < 1.29 is 4.79 Å². The largest absolute Gasteiger partial charge is 0.356 e.